The van der Waals surface area contributed by atoms with Crippen LogP contribution in [0.1, 0.15) is 23.2 Å². The molecule has 8 heteroatoms. The zero-order valence-corrected chi connectivity index (χ0v) is 15.1. The minimum absolute atomic E-state index is 0.140. The number of carbonyl (C=O) groups excluding carboxylic acids is 2. The maximum absolute atomic E-state index is 12.2. The predicted octanol–water partition coefficient (Wildman–Crippen LogP) is 2.19. The van der Waals surface area contributed by atoms with Crippen molar-refractivity contribution < 1.29 is 9.59 Å². The van der Waals surface area contributed by atoms with E-state index >= 15 is 0 Å². The number of anilines is 2. The third-order valence-electron chi connectivity index (χ3n) is 4.12. The van der Waals surface area contributed by atoms with E-state index in [2.05, 4.69) is 31.2 Å². The molecule has 130 valence electrons. The standard InChI is InChI=1S/C17H18BrN5O2/c18-13-6-12(7-20-8-13)17(25)22-14-3-4-15(21-9-14)23-5-1-2-11(10-23)16(19)24/h3-4,6-9,11H,1-2,5,10H2,(H2,19,24)(H,22,25). The highest BCUT2D eigenvalue weighted by molar-refractivity contribution is 9.10. The number of rotatable bonds is 4. The first-order valence-electron chi connectivity index (χ1n) is 7.95. The third-order valence-corrected chi connectivity index (χ3v) is 4.55. The molecule has 1 aliphatic heterocycles. The van der Waals surface area contributed by atoms with Crippen molar-refractivity contribution in [3.63, 3.8) is 0 Å². The predicted molar refractivity (Wildman–Crippen MR) is 98.3 cm³/mol. The van der Waals surface area contributed by atoms with Gasteiger partial charge in [-0.3, -0.25) is 14.6 Å². The van der Waals surface area contributed by atoms with Crippen molar-refractivity contribution in [2.24, 2.45) is 11.7 Å². The van der Waals surface area contributed by atoms with Crippen molar-refractivity contribution >= 4 is 39.2 Å². The zero-order valence-electron chi connectivity index (χ0n) is 13.5. The van der Waals surface area contributed by atoms with Gasteiger partial charge in [0, 0.05) is 30.0 Å². The summed E-state index contributed by atoms with van der Waals surface area (Å²) in [6.07, 6.45) is 6.45. The van der Waals surface area contributed by atoms with Crippen LogP contribution >= 0.6 is 15.9 Å². The number of primary amides is 1. The van der Waals surface area contributed by atoms with E-state index in [0.717, 1.165) is 29.7 Å². The van der Waals surface area contributed by atoms with Crippen molar-refractivity contribution in [2.75, 3.05) is 23.3 Å². The second-order valence-corrected chi connectivity index (χ2v) is 6.85. The number of hydrogen-bond donors (Lipinski definition) is 2. The summed E-state index contributed by atoms with van der Waals surface area (Å²) in [7, 11) is 0. The molecular formula is C17H18BrN5O2. The van der Waals surface area contributed by atoms with Gasteiger partial charge in [0.05, 0.1) is 23.4 Å². The van der Waals surface area contributed by atoms with E-state index in [1.165, 1.54) is 6.20 Å². The summed E-state index contributed by atoms with van der Waals surface area (Å²) in [5.41, 5.74) is 6.46. The van der Waals surface area contributed by atoms with Crippen molar-refractivity contribution in [1.29, 1.82) is 0 Å². The molecule has 3 N–H and O–H groups in total. The highest BCUT2D eigenvalue weighted by atomic mass is 79.9. The second kappa shape index (κ2) is 7.60. The van der Waals surface area contributed by atoms with Crippen LogP contribution in [0.4, 0.5) is 11.5 Å². The van der Waals surface area contributed by atoms with Crippen molar-refractivity contribution in [3.8, 4) is 0 Å². The lowest BCUT2D eigenvalue weighted by Crippen LogP contribution is -2.41. The molecule has 0 bridgehead atoms. The third kappa shape index (κ3) is 4.33. The van der Waals surface area contributed by atoms with Crippen molar-refractivity contribution in [1.82, 2.24) is 9.97 Å². The van der Waals surface area contributed by atoms with Gasteiger partial charge < -0.3 is 16.0 Å². The van der Waals surface area contributed by atoms with Crippen LogP contribution in [0.25, 0.3) is 0 Å². The number of pyridine rings is 2. The first kappa shape index (κ1) is 17.3. The first-order valence-corrected chi connectivity index (χ1v) is 8.74. The Morgan fingerprint density at radius 2 is 2.12 bits per heavy atom. The number of hydrogen-bond acceptors (Lipinski definition) is 5. The molecule has 1 atom stereocenters. The number of nitrogens with two attached hydrogens (primary N) is 1. The zero-order chi connectivity index (χ0) is 17.8. The van der Waals surface area contributed by atoms with Gasteiger partial charge in [-0.2, -0.15) is 0 Å². The monoisotopic (exact) mass is 403 g/mol. The molecular weight excluding hydrogens is 386 g/mol. The van der Waals surface area contributed by atoms with E-state index < -0.39 is 0 Å². The molecule has 2 aromatic rings. The summed E-state index contributed by atoms with van der Waals surface area (Å²) >= 11 is 3.29. The minimum atomic E-state index is -0.267. The van der Waals surface area contributed by atoms with Gasteiger partial charge >= 0.3 is 0 Å². The van der Waals surface area contributed by atoms with E-state index in [0.29, 0.717) is 17.8 Å². The summed E-state index contributed by atoms with van der Waals surface area (Å²) in [6, 6.07) is 5.32. The Bertz CT molecular complexity index is 781. The van der Waals surface area contributed by atoms with Gasteiger partial charge in [0.25, 0.3) is 5.91 Å². The molecule has 0 spiro atoms. The number of amides is 2. The summed E-state index contributed by atoms with van der Waals surface area (Å²) < 4.78 is 0.739. The largest absolute Gasteiger partial charge is 0.369 e. The summed E-state index contributed by atoms with van der Waals surface area (Å²) in [6.45, 7) is 1.42. The van der Waals surface area contributed by atoms with E-state index in [-0.39, 0.29) is 17.7 Å². The Hall–Kier alpha value is -2.48. The molecule has 3 rings (SSSR count). The van der Waals surface area contributed by atoms with Crippen LogP contribution in [-0.2, 0) is 4.79 Å². The van der Waals surface area contributed by atoms with Crippen LogP contribution in [-0.4, -0.2) is 34.9 Å². The maximum atomic E-state index is 12.2. The Morgan fingerprint density at radius 1 is 1.28 bits per heavy atom. The lowest BCUT2D eigenvalue weighted by Gasteiger charge is -2.32. The van der Waals surface area contributed by atoms with E-state index in [4.69, 9.17) is 5.73 Å². The fourth-order valence-electron chi connectivity index (χ4n) is 2.80. The topological polar surface area (TPSA) is 101 Å². The Labute approximate surface area is 153 Å². The normalized spacial score (nSPS) is 17.2. The molecule has 7 nitrogen and oxygen atoms in total. The molecule has 1 unspecified atom stereocenters. The maximum Gasteiger partial charge on any atom is 0.257 e. The van der Waals surface area contributed by atoms with Crippen molar-refractivity contribution in [3.05, 3.63) is 46.8 Å². The fraction of sp³-hybridized carbons (Fsp3) is 0.294. The molecule has 1 aliphatic rings. The van der Waals surface area contributed by atoms with Gasteiger partial charge in [0.15, 0.2) is 0 Å². The summed E-state index contributed by atoms with van der Waals surface area (Å²) in [5, 5.41) is 2.79. The lowest BCUT2D eigenvalue weighted by atomic mass is 9.97. The van der Waals surface area contributed by atoms with Crippen LogP contribution in [0.3, 0.4) is 0 Å². The number of piperidine rings is 1. The molecule has 0 saturated carbocycles. The fourth-order valence-corrected chi connectivity index (χ4v) is 3.17. The van der Waals surface area contributed by atoms with Gasteiger partial charge in [-0.05, 0) is 47.0 Å². The van der Waals surface area contributed by atoms with Crippen LogP contribution in [0.2, 0.25) is 0 Å². The Morgan fingerprint density at radius 3 is 2.80 bits per heavy atom. The van der Waals surface area contributed by atoms with Crippen molar-refractivity contribution in [2.45, 2.75) is 12.8 Å². The molecule has 0 aromatic carbocycles. The molecule has 2 amide bonds. The molecule has 1 fully saturated rings. The quantitative estimate of drug-likeness (QED) is 0.814. The average Bonchev–Trinajstić information content (AvgIpc) is 2.62. The van der Waals surface area contributed by atoms with Gasteiger partial charge in [0.2, 0.25) is 5.91 Å². The van der Waals surface area contributed by atoms with E-state index in [1.54, 1.807) is 24.5 Å². The number of aromatic nitrogens is 2. The molecule has 2 aromatic heterocycles. The minimum Gasteiger partial charge on any atom is -0.369 e. The van der Waals surface area contributed by atoms with Gasteiger partial charge in [-0.25, -0.2) is 4.98 Å². The molecule has 3 heterocycles. The molecule has 0 aliphatic carbocycles. The summed E-state index contributed by atoms with van der Waals surface area (Å²) in [5.74, 6) is 0.110. The Kier molecular flexibility index (Phi) is 5.28. The lowest BCUT2D eigenvalue weighted by molar-refractivity contribution is -0.122. The highest BCUT2D eigenvalue weighted by Crippen LogP contribution is 2.22. The van der Waals surface area contributed by atoms with Gasteiger partial charge in [-0.15, -0.1) is 0 Å². The number of carbonyl (C=O) groups is 2. The van der Waals surface area contributed by atoms with Crippen LogP contribution in [0.15, 0.2) is 41.3 Å². The van der Waals surface area contributed by atoms with Crippen LogP contribution < -0.4 is 16.0 Å². The smallest absolute Gasteiger partial charge is 0.257 e. The number of nitrogens with one attached hydrogen (secondary N) is 1. The second-order valence-electron chi connectivity index (χ2n) is 5.94. The Balaban J connectivity index is 1.66. The average molecular weight is 404 g/mol. The SMILES string of the molecule is NC(=O)C1CCCN(c2ccc(NC(=O)c3cncc(Br)c3)cn2)C1. The first-order chi connectivity index (χ1) is 12.0. The molecule has 0 radical (unpaired) electrons. The molecule has 1 saturated heterocycles. The van der Waals surface area contributed by atoms with E-state index in [9.17, 15) is 9.59 Å². The van der Waals surface area contributed by atoms with Crippen LogP contribution in [0, 0.1) is 5.92 Å². The highest BCUT2D eigenvalue weighted by Gasteiger charge is 2.24. The summed E-state index contributed by atoms with van der Waals surface area (Å²) in [4.78, 5) is 34.0. The number of halogens is 1. The van der Waals surface area contributed by atoms with E-state index in [1.807, 2.05) is 11.0 Å². The number of nitrogens with zero attached hydrogens (tertiary/aromatic N) is 3. The van der Waals surface area contributed by atoms with Crippen LogP contribution in [0.5, 0.6) is 0 Å². The van der Waals surface area contributed by atoms with Gasteiger partial charge in [0.1, 0.15) is 5.82 Å². The van der Waals surface area contributed by atoms with Gasteiger partial charge in [-0.1, -0.05) is 0 Å². The molecule has 25 heavy (non-hydrogen) atoms.